The first-order chi connectivity index (χ1) is 16.7. The highest BCUT2D eigenvalue weighted by Gasteiger charge is 2.25. The molecule has 1 heterocycles. The Hall–Kier alpha value is -3.98. The van der Waals surface area contributed by atoms with Crippen molar-refractivity contribution in [1.82, 2.24) is 10.2 Å². The van der Waals surface area contributed by atoms with Gasteiger partial charge in [0.15, 0.2) is 9.84 Å². The molecule has 0 atom stereocenters. The van der Waals surface area contributed by atoms with Crippen LogP contribution in [0.15, 0.2) is 83.8 Å². The molecular formula is C26H16F4N2O2S. The molecule has 0 aliphatic rings. The summed E-state index contributed by atoms with van der Waals surface area (Å²) in [5, 5.41) is 7.89. The minimum Gasteiger partial charge on any atom is -0.277 e. The summed E-state index contributed by atoms with van der Waals surface area (Å²) in [6.45, 7) is 0. The van der Waals surface area contributed by atoms with Gasteiger partial charge in [0.1, 0.15) is 28.2 Å². The van der Waals surface area contributed by atoms with Gasteiger partial charge < -0.3 is 0 Å². The van der Waals surface area contributed by atoms with E-state index in [1.54, 1.807) is 6.07 Å². The van der Waals surface area contributed by atoms with Crippen LogP contribution >= 0.6 is 0 Å². The molecule has 0 aliphatic carbocycles. The third-order valence-electron chi connectivity index (χ3n) is 5.64. The molecule has 0 spiro atoms. The standard InChI is InChI=1S/C26H16F4N2O2S/c27-18-8-11-20(28)23(13-18)35(33,34)14-17-7-10-21(29)24(25(17)30)16-6-9-19-22(12-16)31-32-26(19)15-4-2-1-3-5-15/h1-13H,14H2,(H,31,32). The third kappa shape index (κ3) is 4.19. The number of sulfone groups is 1. The third-order valence-corrected chi connectivity index (χ3v) is 7.32. The number of halogens is 4. The summed E-state index contributed by atoms with van der Waals surface area (Å²) < 4.78 is 83.1. The zero-order valence-electron chi connectivity index (χ0n) is 17.9. The number of aromatic nitrogens is 2. The molecule has 4 nitrogen and oxygen atoms in total. The molecule has 5 rings (SSSR count). The summed E-state index contributed by atoms with van der Waals surface area (Å²) in [6.07, 6.45) is 0. The molecule has 9 heteroatoms. The van der Waals surface area contributed by atoms with Crippen LogP contribution < -0.4 is 0 Å². The second-order valence-electron chi connectivity index (χ2n) is 7.93. The minimum atomic E-state index is -4.46. The zero-order chi connectivity index (χ0) is 24.7. The molecule has 1 N–H and O–H groups in total. The average Bonchev–Trinajstić information content (AvgIpc) is 3.26. The lowest BCUT2D eigenvalue weighted by atomic mass is 9.99. The van der Waals surface area contributed by atoms with Crippen LogP contribution in [0.3, 0.4) is 0 Å². The maximum atomic E-state index is 15.4. The summed E-state index contributed by atoms with van der Waals surface area (Å²) in [7, 11) is -4.46. The monoisotopic (exact) mass is 496 g/mol. The molecule has 176 valence electrons. The molecule has 1 aromatic heterocycles. The van der Waals surface area contributed by atoms with E-state index in [0.29, 0.717) is 23.3 Å². The van der Waals surface area contributed by atoms with Crippen molar-refractivity contribution >= 4 is 20.7 Å². The topological polar surface area (TPSA) is 62.8 Å². The van der Waals surface area contributed by atoms with Crippen molar-refractivity contribution in [1.29, 1.82) is 0 Å². The summed E-state index contributed by atoms with van der Waals surface area (Å²) in [5.74, 6) is -5.09. The molecule has 0 aliphatic heterocycles. The fourth-order valence-corrected chi connectivity index (χ4v) is 5.41. The average molecular weight is 496 g/mol. The number of nitrogens with zero attached hydrogens (tertiary/aromatic N) is 1. The Morgan fingerprint density at radius 3 is 2.29 bits per heavy atom. The predicted molar refractivity (Wildman–Crippen MR) is 124 cm³/mol. The molecule has 0 radical (unpaired) electrons. The van der Waals surface area contributed by atoms with Crippen molar-refractivity contribution in [3.05, 3.63) is 108 Å². The summed E-state index contributed by atoms with van der Waals surface area (Å²) in [4.78, 5) is -0.893. The Morgan fingerprint density at radius 1 is 0.771 bits per heavy atom. The lowest BCUT2D eigenvalue weighted by Crippen LogP contribution is -2.10. The van der Waals surface area contributed by atoms with E-state index in [2.05, 4.69) is 10.2 Å². The van der Waals surface area contributed by atoms with Crippen molar-refractivity contribution in [3.8, 4) is 22.4 Å². The molecule has 0 saturated carbocycles. The number of aromatic amines is 1. The Labute approximate surface area is 197 Å². The molecule has 0 bridgehead atoms. The largest absolute Gasteiger partial charge is 0.277 e. The fourth-order valence-electron chi connectivity index (χ4n) is 3.96. The Balaban J connectivity index is 1.56. The van der Waals surface area contributed by atoms with Crippen molar-refractivity contribution in [2.75, 3.05) is 0 Å². The number of rotatable bonds is 5. The predicted octanol–water partition coefficient (Wildman–Crippen LogP) is 6.43. The van der Waals surface area contributed by atoms with E-state index in [-0.39, 0.29) is 11.1 Å². The summed E-state index contributed by atoms with van der Waals surface area (Å²) >= 11 is 0. The van der Waals surface area contributed by atoms with Gasteiger partial charge in [0.2, 0.25) is 0 Å². The lowest BCUT2D eigenvalue weighted by molar-refractivity contribution is 0.549. The van der Waals surface area contributed by atoms with E-state index in [4.69, 9.17) is 0 Å². The van der Waals surface area contributed by atoms with Gasteiger partial charge in [-0.1, -0.05) is 42.5 Å². The van der Waals surface area contributed by atoms with E-state index in [0.717, 1.165) is 29.1 Å². The normalized spacial score (nSPS) is 11.8. The molecule has 35 heavy (non-hydrogen) atoms. The number of fused-ring (bicyclic) bond motifs is 1. The highest BCUT2D eigenvalue weighted by atomic mass is 32.2. The van der Waals surface area contributed by atoms with Crippen molar-refractivity contribution < 1.29 is 26.0 Å². The number of benzene rings is 4. The maximum Gasteiger partial charge on any atom is 0.185 e. The molecule has 0 fully saturated rings. The maximum absolute atomic E-state index is 15.4. The summed E-state index contributed by atoms with van der Waals surface area (Å²) in [6, 6.07) is 18.0. The van der Waals surface area contributed by atoms with Gasteiger partial charge in [0.05, 0.1) is 22.5 Å². The van der Waals surface area contributed by atoms with E-state index in [9.17, 15) is 21.6 Å². The van der Waals surface area contributed by atoms with Gasteiger partial charge in [-0.05, 0) is 42.0 Å². The first kappa shape index (κ1) is 22.8. The van der Waals surface area contributed by atoms with E-state index in [1.807, 2.05) is 30.3 Å². The Morgan fingerprint density at radius 2 is 1.51 bits per heavy atom. The van der Waals surface area contributed by atoms with Crippen LogP contribution in [-0.4, -0.2) is 18.6 Å². The number of nitrogens with one attached hydrogen (secondary N) is 1. The SMILES string of the molecule is O=S(=O)(Cc1ccc(F)c(-c2ccc3c(-c4ccccc4)n[nH]c3c2)c1F)c1cc(F)ccc1F. The molecular weight excluding hydrogens is 480 g/mol. The van der Waals surface area contributed by atoms with Gasteiger partial charge in [-0.25, -0.2) is 26.0 Å². The van der Waals surface area contributed by atoms with Crippen LogP contribution in [0.4, 0.5) is 17.6 Å². The van der Waals surface area contributed by atoms with E-state index in [1.165, 1.54) is 12.1 Å². The second kappa shape index (κ2) is 8.66. The highest BCUT2D eigenvalue weighted by Crippen LogP contribution is 2.34. The first-order valence-corrected chi connectivity index (χ1v) is 12.1. The van der Waals surface area contributed by atoms with Crippen molar-refractivity contribution in [2.24, 2.45) is 0 Å². The van der Waals surface area contributed by atoms with Crippen LogP contribution in [0, 0.1) is 23.3 Å². The summed E-state index contributed by atoms with van der Waals surface area (Å²) in [5.41, 5.74) is 1.41. The van der Waals surface area contributed by atoms with E-state index < -0.39 is 49.3 Å². The lowest BCUT2D eigenvalue weighted by Gasteiger charge is -2.11. The molecule has 4 aromatic carbocycles. The van der Waals surface area contributed by atoms with E-state index >= 15 is 4.39 Å². The Kier molecular flexibility index (Phi) is 5.64. The Bertz CT molecular complexity index is 1680. The van der Waals surface area contributed by atoms with Crippen LogP contribution in [-0.2, 0) is 15.6 Å². The highest BCUT2D eigenvalue weighted by molar-refractivity contribution is 7.90. The number of hydrogen-bond donors (Lipinski definition) is 1. The van der Waals surface area contributed by atoms with Crippen molar-refractivity contribution in [2.45, 2.75) is 10.6 Å². The molecule has 5 aromatic rings. The van der Waals surface area contributed by atoms with Crippen LogP contribution in [0.5, 0.6) is 0 Å². The quantitative estimate of drug-likeness (QED) is 0.285. The van der Waals surface area contributed by atoms with Gasteiger partial charge in [-0.15, -0.1) is 0 Å². The van der Waals surface area contributed by atoms with Gasteiger partial charge in [-0.3, -0.25) is 5.10 Å². The van der Waals surface area contributed by atoms with Gasteiger partial charge in [0, 0.05) is 16.5 Å². The van der Waals surface area contributed by atoms with Crippen LogP contribution in [0.25, 0.3) is 33.3 Å². The minimum absolute atomic E-state index is 0.159. The first-order valence-electron chi connectivity index (χ1n) is 10.4. The molecule has 0 amide bonds. The molecule has 0 saturated heterocycles. The zero-order valence-corrected chi connectivity index (χ0v) is 18.7. The van der Waals surface area contributed by atoms with Gasteiger partial charge in [0.25, 0.3) is 0 Å². The van der Waals surface area contributed by atoms with Crippen molar-refractivity contribution in [3.63, 3.8) is 0 Å². The number of hydrogen-bond acceptors (Lipinski definition) is 3. The fraction of sp³-hybridized carbons (Fsp3) is 0.0385. The smallest absolute Gasteiger partial charge is 0.185 e. The van der Waals surface area contributed by atoms with Crippen LogP contribution in [0.2, 0.25) is 0 Å². The van der Waals surface area contributed by atoms with Crippen LogP contribution in [0.1, 0.15) is 5.56 Å². The molecule has 0 unspecified atom stereocenters. The number of H-pyrrole nitrogens is 1. The van der Waals surface area contributed by atoms with Gasteiger partial charge >= 0.3 is 0 Å². The van der Waals surface area contributed by atoms with Gasteiger partial charge in [-0.2, -0.15) is 5.10 Å². The second-order valence-corrected chi connectivity index (χ2v) is 9.89.